The van der Waals surface area contributed by atoms with E-state index in [9.17, 15) is 18.8 Å². The van der Waals surface area contributed by atoms with E-state index in [1.807, 2.05) is 26.0 Å². The molecule has 0 aliphatic carbocycles. The number of aromatic nitrogens is 1. The van der Waals surface area contributed by atoms with E-state index in [0.717, 1.165) is 17.4 Å². The topological polar surface area (TPSA) is 135 Å². The lowest BCUT2D eigenvalue weighted by atomic mass is 9.77. The minimum Gasteiger partial charge on any atom is -0.488 e. The fourth-order valence-electron chi connectivity index (χ4n) is 3.28. The normalized spacial score (nSPS) is 12.6. The number of rotatable bonds is 11. The summed E-state index contributed by atoms with van der Waals surface area (Å²) in [6.45, 7) is 4.00. The Morgan fingerprint density at radius 3 is 2.53 bits per heavy atom. The summed E-state index contributed by atoms with van der Waals surface area (Å²) in [5, 5.41) is 19.5. The van der Waals surface area contributed by atoms with Gasteiger partial charge in [0.1, 0.15) is 43.1 Å². The van der Waals surface area contributed by atoms with E-state index in [2.05, 4.69) is 15.8 Å². The number of alkyl halides is 1. The van der Waals surface area contributed by atoms with Crippen LogP contribution in [0.3, 0.4) is 0 Å². The summed E-state index contributed by atoms with van der Waals surface area (Å²) >= 11 is 12.0. The van der Waals surface area contributed by atoms with Gasteiger partial charge in [0, 0.05) is 5.41 Å². The molecule has 0 saturated carbocycles. The molecular formula is C24H25Cl2N3O6S. The van der Waals surface area contributed by atoms with Crippen LogP contribution in [-0.4, -0.2) is 43.4 Å². The Labute approximate surface area is 219 Å². The first kappa shape index (κ1) is 27.6. The molecule has 2 aromatic carbocycles. The van der Waals surface area contributed by atoms with Crippen LogP contribution in [0.1, 0.15) is 36.2 Å². The highest BCUT2D eigenvalue weighted by molar-refractivity contribution is 7.91. The number of anilines is 1. The van der Waals surface area contributed by atoms with E-state index in [1.54, 1.807) is 24.3 Å². The number of oxazole rings is 1. The first-order valence-corrected chi connectivity index (χ1v) is 13.5. The molecule has 1 heterocycles. The summed E-state index contributed by atoms with van der Waals surface area (Å²) in [6, 6.07) is 12.8. The Bertz CT molecular complexity index is 1350. The quantitative estimate of drug-likeness (QED) is 0.332. The van der Waals surface area contributed by atoms with Gasteiger partial charge in [-0.15, -0.1) is 11.6 Å². The zero-order chi connectivity index (χ0) is 26.5. The number of nitriles is 1. The largest absolute Gasteiger partial charge is 0.488 e. The van der Waals surface area contributed by atoms with Crippen LogP contribution in [-0.2, 0) is 22.0 Å². The molecule has 9 nitrogen and oxygen atoms in total. The van der Waals surface area contributed by atoms with E-state index in [4.69, 9.17) is 37.1 Å². The van der Waals surface area contributed by atoms with E-state index < -0.39 is 21.5 Å². The predicted molar refractivity (Wildman–Crippen MR) is 136 cm³/mol. The van der Waals surface area contributed by atoms with Gasteiger partial charge in [-0.25, -0.2) is 13.1 Å². The summed E-state index contributed by atoms with van der Waals surface area (Å²) in [6.07, 6.45) is 1.44. The van der Waals surface area contributed by atoms with Crippen molar-refractivity contribution >= 4 is 39.2 Å². The van der Waals surface area contributed by atoms with Crippen LogP contribution in [0.5, 0.6) is 11.5 Å². The molecule has 3 aromatic rings. The smallest absolute Gasteiger partial charge is 0.308 e. The van der Waals surface area contributed by atoms with Crippen molar-refractivity contribution in [2.45, 2.75) is 32.0 Å². The second-order valence-electron chi connectivity index (χ2n) is 8.52. The van der Waals surface area contributed by atoms with Gasteiger partial charge >= 0.3 is 6.01 Å². The van der Waals surface area contributed by atoms with Gasteiger partial charge < -0.3 is 19.0 Å². The molecule has 1 atom stereocenters. The number of hydrogen-bond donors (Lipinski definition) is 2. The molecule has 0 fully saturated rings. The third-order valence-electron chi connectivity index (χ3n) is 5.27. The standard InChI is InChI=1S/C24H25Cl2N3O6S/c1-24(2,17-8-15(11-27)22(21(26)9-17)34-14-19(30)10-25)16-4-6-20(7-5-16)33-12-18-13-35-23(28-18)29-36(3,31)32/h4-9,13,19,30H,10,12,14H2,1-3H3,(H,28,29)/t19-/m0/s1. The zero-order valence-electron chi connectivity index (χ0n) is 19.8. The summed E-state index contributed by atoms with van der Waals surface area (Å²) in [7, 11) is -3.49. The summed E-state index contributed by atoms with van der Waals surface area (Å²) in [5.41, 5.74) is 1.91. The predicted octanol–water partition coefficient (Wildman–Crippen LogP) is 4.45. The number of benzene rings is 2. The Morgan fingerprint density at radius 1 is 1.22 bits per heavy atom. The van der Waals surface area contributed by atoms with Crippen molar-refractivity contribution in [3.63, 3.8) is 0 Å². The first-order valence-electron chi connectivity index (χ1n) is 10.7. The summed E-state index contributed by atoms with van der Waals surface area (Å²) in [4.78, 5) is 4.01. The third-order valence-corrected chi connectivity index (χ3v) is 6.45. The fourth-order valence-corrected chi connectivity index (χ4v) is 4.05. The minimum absolute atomic E-state index is 0.00432. The highest BCUT2D eigenvalue weighted by Crippen LogP contribution is 2.38. The molecule has 0 saturated heterocycles. The van der Waals surface area contributed by atoms with Gasteiger partial charge in [0.2, 0.25) is 10.0 Å². The maximum Gasteiger partial charge on any atom is 0.308 e. The highest BCUT2D eigenvalue weighted by Gasteiger charge is 2.26. The molecule has 3 rings (SSSR count). The van der Waals surface area contributed by atoms with Crippen LogP contribution in [0.4, 0.5) is 6.01 Å². The zero-order valence-corrected chi connectivity index (χ0v) is 22.1. The number of sulfonamides is 1. The Morgan fingerprint density at radius 2 is 1.92 bits per heavy atom. The van der Waals surface area contributed by atoms with Crippen LogP contribution in [0.15, 0.2) is 47.1 Å². The number of halogens is 2. The van der Waals surface area contributed by atoms with Gasteiger partial charge in [0.25, 0.3) is 0 Å². The summed E-state index contributed by atoms with van der Waals surface area (Å²) in [5.74, 6) is 0.784. The van der Waals surface area contributed by atoms with Crippen LogP contribution in [0.25, 0.3) is 0 Å². The highest BCUT2D eigenvalue weighted by atomic mass is 35.5. The van der Waals surface area contributed by atoms with Crippen LogP contribution in [0, 0.1) is 11.3 Å². The number of nitrogens with zero attached hydrogens (tertiary/aromatic N) is 2. The Balaban J connectivity index is 1.73. The molecular weight excluding hydrogens is 529 g/mol. The summed E-state index contributed by atoms with van der Waals surface area (Å²) < 4.78 is 41.0. The Hall–Kier alpha value is -2.97. The molecule has 12 heteroatoms. The molecule has 0 bridgehead atoms. The van der Waals surface area contributed by atoms with E-state index in [0.29, 0.717) is 11.4 Å². The molecule has 0 unspecified atom stereocenters. The van der Waals surface area contributed by atoms with Crippen molar-refractivity contribution in [3.8, 4) is 17.6 Å². The number of hydrogen-bond acceptors (Lipinski definition) is 8. The van der Waals surface area contributed by atoms with Crippen molar-refractivity contribution in [2.75, 3.05) is 23.5 Å². The molecule has 0 spiro atoms. The molecule has 0 radical (unpaired) electrons. The lowest BCUT2D eigenvalue weighted by Crippen LogP contribution is -2.21. The number of aliphatic hydroxyl groups excluding tert-OH is 1. The molecule has 36 heavy (non-hydrogen) atoms. The van der Waals surface area contributed by atoms with Crippen molar-refractivity contribution in [2.24, 2.45) is 0 Å². The van der Waals surface area contributed by atoms with Crippen LogP contribution >= 0.6 is 23.2 Å². The van der Waals surface area contributed by atoms with Crippen LogP contribution < -0.4 is 14.2 Å². The Kier molecular flexibility index (Phi) is 8.74. The van der Waals surface area contributed by atoms with Gasteiger partial charge in [0.15, 0.2) is 5.75 Å². The van der Waals surface area contributed by atoms with E-state index >= 15 is 0 Å². The van der Waals surface area contributed by atoms with Gasteiger partial charge in [0.05, 0.1) is 22.7 Å². The van der Waals surface area contributed by atoms with E-state index in [-0.39, 0.29) is 41.4 Å². The third kappa shape index (κ3) is 7.04. The molecule has 2 N–H and O–H groups in total. The van der Waals surface area contributed by atoms with Gasteiger partial charge in [-0.1, -0.05) is 37.6 Å². The average Bonchev–Trinajstić information content (AvgIpc) is 3.26. The fraction of sp³-hybridized carbons (Fsp3) is 0.333. The van der Waals surface area contributed by atoms with Gasteiger partial charge in [-0.05, 0) is 35.4 Å². The van der Waals surface area contributed by atoms with E-state index in [1.165, 1.54) is 6.26 Å². The SMILES string of the molecule is CC(C)(c1ccc(OCc2coc(NS(C)(=O)=O)n2)cc1)c1cc(Cl)c(OC[C@@H](O)CCl)c(C#N)c1. The molecule has 0 aliphatic rings. The second kappa shape index (κ2) is 11.4. The van der Waals surface area contributed by atoms with Gasteiger partial charge in [-0.2, -0.15) is 10.2 Å². The monoisotopic (exact) mass is 553 g/mol. The first-order chi connectivity index (χ1) is 16.9. The molecule has 192 valence electrons. The van der Waals surface area contributed by atoms with Crippen molar-refractivity contribution in [1.29, 1.82) is 5.26 Å². The number of ether oxygens (including phenoxy) is 2. The van der Waals surface area contributed by atoms with Crippen molar-refractivity contribution in [1.82, 2.24) is 4.98 Å². The number of aliphatic hydroxyl groups is 1. The minimum atomic E-state index is -3.49. The number of nitrogens with one attached hydrogen (secondary N) is 1. The van der Waals surface area contributed by atoms with Gasteiger partial charge in [-0.3, -0.25) is 0 Å². The lowest BCUT2D eigenvalue weighted by molar-refractivity contribution is 0.125. The molecule has 0 aliphatic heterocycles. The molecule has 1 aromatic heterocycles. The van der Waals surface area contributed by atoms with Crippen molar-refractivity contribution in [3.05, 3.63) is 70.1 Å². The molecule has 0 amide bonds. The average molecular weight is 554 g/mol. The maximum absolute atomic E-state index is 11.3. The van der Waals surface area contributed by atoms with Crippen molar-refractivity contribution < 1.29 is 27.4 Å². The lowest BCUT2D eigenvalue weighted by Gasteiger charge is -2.27. The second-order valence-corrected chi connectivity index (χ2v) is 11.0. The van der Waals surface area contributed by atoms with Crippen LogP contribution in [0.2, 0.25) is 5.02 Å². The maximum atomic E-state index is 11.3.